The summed E-state index contributed by atoms with van der Waals surface area (Å²) in [6, 6.07) is 26.8. The maximum atomic E-state index is 2.35. The Kier molecular flexibility index (Phi) is 2.33. The predicted octanol–water partition coefficient (Wildman–Crippen LogP) is 3.63. The van der Waals surface area contributed by atoms with Crippen molar-refractivity contribution in [2.45, 2.75) is 0 Å². The van der Waals surface area contributed by atoms with Crippen LogP contribution in [0.25, 0.3) is 32.7 Å². The van der Waals surface area contributed by atoms with Gasteiger partial charge in [0.15, 0.2) is 0 Å². The summed E-state index contributed by atoms with van der Waals surface area (Å²) in [5, 5.41) is 5.59. The van der Waals surface area contributed by atoms with Gasteiger partial charge < -0.3 is 0 Å². The van der Waals surface area contributed by atoms with E-state index in [4.69, 9.17) is 0 Å². The molecule has 0 N–H and O–H groups in total. The summed E-state index contributed by atoms with van der Waals surface area (Å²) >= 11 is -0.228. The molecule has 2 radical (unpaired) electrons. The average molecular weight is 325 g/mol. The molecule has 1 heteroatoms. The molecule has 0 spiro atoms. The summed E-state index contributed by atoms with van der Waals surface area (Å²) in [6.07, 6.45) is 0. The van der Waals surface area contributed by atoms with Gasteiger partial charge in [-0.2, -0.15) is 0 Å². The molecule has 96 valence electrons. The van der Waals surface area contributed by atoms with E-state index in [0.29, 0.717) is 0 Å². The van der Waals surface area contributed by atoms with Crippen molar-refractivity contribution < 1.29 is 0 Å². The van der Waals surface area contributed by atoms with Crippen LogP contribution in [-0.4, -0.2) is 15.4 Å². The fourth-order valence-corrected chi connectivity index (χ4v) is 6.64. The van der Waals surface area contributed by atoms with E-state index in [9.17, 15) is 0 Å². The zero-order valence-electron chi connectivity index (χ0n) is 11.4. The zero-order valence-corrected chi connectivity index (χ0v) is 13.5. The van der Waals surface area contributed by atoms with Crippen molar-refractivity contribution in [3.63, 3.8) is 0 Å². The van der Waals surface area contributed by atoms with E-state index < -0.39 is 0 Å². The Morgan fingerprint density at radius 3 is 2.10 bits per heavy atom. The molecule has 0 fully saturated rings. The summed E-state index contributed by atoms with van der Waals surface area (Å²) in [5.74, 6) is 0. The Balaban J connectivity index is 1.93. The van der Waals surface area contributed by atoms with Crippen LogP contribution in [0, 0.1) is 0 Å². The molecule has 21 heavy (non-hydrogen) atoms. The summed E-state index contributed by atoms with van der Waals surface area (Å²) in [6.45, 7) is 0. The molecule has 0 saturated heterocycles. The first kappa shape index (κ1) is 11.6. The van der Waals surface area contributed by atoms with Gasteiger partial charge in [0.25, 0.3) is 0 Å². The third-order valence-corrected chi connectivity index (χ3v) is 7.48. The molecule has 0 saturated carbocycles. The van der Waals surface area contributed by atoms with Gasteiger partial charge in [0.2, 0.25) is 0 Å². The van der Waals surface area contributed by atoms with Crippen molar-refractivity contribution >= 4 is 45.8 Å². The van der Waals surface area contributed by atoms with Crippen LogP contribution in [0.3, 0.4) is 0 Å². The van der Waals surface area contributed by atoms with Gasteiger partial charge in [0.05, 0.1) is 0 Å². The second-order valence-corrected chi connectivity index (χ2v) is 8.25. The normalized spacial score (nSPS) is 12.6. The number of hydrogen-bond acceptors (Lipinski definition) is 0. The topological polar surface area (TPSA) is 0 Å². The van der Waals surface area contributed by atoms with Crippen molar-refractivity contribution in [2.75, 3.05) is 0 Å². The van der Waals surface area contributed by atoms with E-state index in [1.54, 1.807) is 8.79 Å². The number of rotatable bonds is 0. The molecule has 1 heterocycles. The van der Waals surface area contributed by atoms with E-state index in [0.717, 1.165) is 0 Å². The molecule has 4 aromatic rings. The Morgan fingerprint density at radius 1 is 0.571 bits per heavy atom. The van der Waals surface area contributed by atoms with E-state index in [1.807, 2.05) is 0 Å². The van der Waals surface area contributed by atoms with Crippen molar-refractivity contribution in [3.05, 3.63) is 72.8 Å². The molecule has 0 aromatic heterocycles. The molecule has 1 aliphatic heterocycles. The molecule has 0 nitrogen and oxygen atoms in total. The van der Waals surface area contributed by atoms with Gasteiger partial charge in [-0.25, -0.2) is 0 Å². The second-order valence-electron chi connectivity index (χ2n) is 5.54. The van der Waals surface area contributed by atoms with Crippen LogP contribution in [0.5, 0.6) is 0 Å². The average Bonchev–Trinajstić information content (AvgIpc) is 2.94. The van der Waals surface area contributed by atoms with Crippen LogP contribution in [0.15, 0.2) is 72.8 Å². The molecule has 5 rings (SSSR count). The minimum absolute atomic E-state index is 0.228. The van der Waals surface area contributed by atoms with E-state index >= 15 is 0 Å². The van der Waals surface area contributed by atoms with Crippen LogP contribution in [-0.2, 0) is 0 Å². The quantitative estimate of drug-likeness (QED) is 0.382. The Morgan fingerprint density at radius 2 is 1.24 bits per heavy atom. The fourth-order valence-electron chi connectivity index (χ4n) is 3.42. The summed E-state index contributed by atoms with van der Waals surface area (Å²) < 4.78 is 3.19. The standard InChI is InChI=1S/C20H12Ge/c1-3-7-15-13(5-1)10-12-18-19(15)17-11-9-14-6-2-4-8-16(14)20(17)21-18/h1-12H. The minimum atomic E-state index is -0.228. The number of fused-ring (bicyclic) bond motifs is 7. The van der Waals surface area contributed by atoms with Crippen molar-refractivity contribution in [1.29, 1.82) is 0 Å². The third kappa shape index (κ3) is 1.57. The van der Waals surface area contributed by atoms with E-state index in [1.165, 1.54) is 32.7 Å². The van der Waals surface area contributed by atoms with Crippen LogP contribution in [0.4, 0.5) is 0 Å². The Hall–Kier alpha value is -2.06. The first-order valence-electron chi connectivity index (χ1n) is 7.23. The zero-order chi connectivity index (χ0) is 13.8. The molecular formula is C20H12Ge. The number of hydrogen-bond donors (Lipinski definition) is 0. The van der Waals surface area contributed by atoms with Crippen molar-refractivity contribution in [2.24, 2.45) is 0 Å². The summed E-state index contributed by atoms with van der Waals surface area (Å²) in [7, 11) is 0. The molecule has 0 bridgehead atoms. The molecule has 0 atom stereocenters. The van der Waals surface area contributed by atoms with Crippen molar-refractivity contribution in [3.8, 4) is 11.1 Å². The van der Waals surface area contributed by atoms with Gasteiger partial charge in [-0.05, 0) is 0 Å². The number of benzene rings is 4. The van der Waals surface area contributed by atoms with Gasteiger partial charge in [-0.3, -0.25) is 0 Å². The summed E-state index contributed by atoms with van der Waals surface area (Å²) in [4.78, 5) is 0. The van der Waals surface area contributed by atoms with Gasteiger partial charge in [0.1, 0.15) is 0 Å². The third-order valence-electron chi connectivity index (χ3n) is 4.39. The molecule has 0 aliphatic carbocycles. The predicted molar refractivity (Wildman–Crippen MR) is 91.9 cm³/mol. The molecule has 0 amide bonds. The molecule has 4 aromatic carbocycles. The van der Waals surface area contributed by atoms with Gasteiger partial charge >= 0.3 is 130 Å². The Labute approximate surface area is 129 Å². The van der Waals surface area contributed by atoms with Gasteiger partial charge in [0, 0.05) is 0 Å². The van der Waals surface area contributed by atoms with Crippen LogP contribution >= 0.6 is 0 Å². The molecule has 1 aliphatic rings. The maximum absolute atomic E-state index is 2.35. The van der Waals surface area contributed by atoms with Gasteiger partial charge in [-0.1, -0.05) is 0 Å². The van der Waals surface area contributed by atoms with E-state index in [2.05, 4.69) is 72.8 Å². The van der Waals surface area contributed by atoms with Crippen LogP contribution < -0.4 is 8.79 Å². The van der Waals surface area contributed by atoms with E-state index in [-0.39, 0.29) is 15.4 Å². The summed E-state index contributed by atoms with van der Waals surface area (Å²) in [5.41, 5.74) is 2.97. The first-order chi connectivity index (χ1) is 10.4. The first-order valence-corrected chi connectivity index (χ1v) is 9.32. The monoisotopic (exact) mass is 326 g/mol. The van der Waals surface area contributed by atoms with Gasteiger partial charge in [-0.15, -0.1) is 0 Å². The van der Waals surface area contributed by atoms with Crippen LogP contribution in [0.1, 0.15) is 0 Å². The van der Waals surface area contributed by atoms with Crippen molar-refractivity contribution in [1.82, 2.24) is 0 Å². The van der Waals surface area contributed by atoms with Crippen LogP contribution in [0.2, 0.25) is 0 Å². The Bertz CT molecular complexity index is 1010. The molecule has 0 unspecified atom stereocenters. The second kappa shape index (κ2) is 4.22. The fraction of sp³-hybridized carbons (Fsp3) is 0. The molecular weight excluding hydrogens is 313 g/mol. The SMILES string of the molecule is c1ccc2[c]3c(ccc2c1)-c1[c](ccc2ccccc12)[Ge]3.